The predicted octanol–water partition coefficient (Wildman–Crippen LogP) is 2.48. The molecule has 1 aromatic carbocycles. The number of benzene rings is 1. The minimum absolute atomic E-state index is 0.161. The summed E-state index contributed by atoms with van der Waals surface area (Å²) in [5, 5.41) is 0.161. The van der Waals surface area contributed by atoms with E-state index in [0.717, 1.165) is 5.56 Å². The van der Waals surface area contributed by atoms with Crippen molar-refractivity contribution in [2.75, 3.05) is 0 Å². The van der Waals surface area contributed by atoms with Crippen molar-refractivity contribution in [1.29, 1.82) is 0 Å². The fraction of sp³-hybridized carbons (Fsp3) is 0.154. The molecular formula is C13H13NO2S. The van der Waals surface area contributed by atoms with Gasteiger partial charge < -0.3 is 0 Å². The van der Waals surface area contributed by atoms with Gasteiger partial charge in [0.05, 0.1) is 4.90 Å². The molecule has 0 radical (unpaired) electrons. The fourth-order valence-corrected chi connectivity index (χ4v) is 3.14. The maximum atomic E-state index is 12.4. The third-order valence-corrected chi connectivity index (χ3v) is 4.31. The maximum Gasteiger partial charge on any atom is 0.224 e. The molecule has 88 valence electrons. The van der Waals surface area contributed by atoms with Gasteiger partial charge in [-0.05, 0) is 30.2 Å². The first kappa shape index (κ1) is 11.8. The number of nitrogens with zero attached hydrogens (tertiary/aromatic N) is 1. The van der Waals surface area contributed by atoms with Crippen LogP contribution in [0.25, 0.3) is 0 Å². The Hall–Kier alpha value is -1.68. The average molecular weight is 247 g/mol. The highest BCUT2D eigenvalue weighted by atomic mass is 32.2. The van der Waals surface area contributed by atoms with E-state index < -0.39 is 9.84 Å². The Bertz CT molecular complexity index is 606. The van der Waals surface area contributed by atoms with Crippen LogP contribution in [0, 0.1) is 0 Å². The number of hydrogen-bond acceptors (Lipinski definition) is 3. The lowest BCUT2D eigenvalue weighted by molar-refractivity contribution is 0.591. The van der Waals surface area contributed by atoms with Crippen LogP contribution in [0.15, 0.2) is 58.6 Å². The van der Waals surface area contributed by atoms with Crippen molar-refractivity contribution in [1.82, 2.24) is 4.98 Å². The summed E-state index contributed by atoms with van der Waals surface area (Å²) in [5.41, 5.74) is 0.747. The number of sulfone groups is 1. The molecule has 0 atom stereocenters. The molecule has 2 aromatic rings. The molecule has 0 bridgehead atoms. The lowest BCUT2D eigenvalue weighted by Crippen LogP contribution is -2.07. The molecular weight excluding hydrogens is 234 g/mol. The van der Waals surface area contributed by atoms with Crippen LogP contribution in [0.4, 0.5) is 0 Å². The summed E-state index contributed by atoms with van der Waals surface area (Å²) in [6.07, 6.45) is 2.16. The van der Waals surface area contributed by atoms with E-state index in [4.69, 9.17) is 0 Å². The highest BCUT2D eigenvalue weighted by molar-refractivity contribution is 7.91. The van der Waals surface area contributed by atoms with Crippen LogP contribution < -0.4 is 0 Å². The van der Waals surface area contributed by atoms with Crippen molar-refractivity contribution in [3.05, 3.63) is 54.2 Å². The van der Waals surface area contributed by atoms with E-state index in [1.54, 1.807) is 42.5 Å². The van der Waals surface area contributed by atoms with Gasteiger partial charge in [0.1, 0.15) is 0 Å². The van der Waals surface area contributed by atoms with Crippen molar-refractivity contribution in [2.24, 2.45) is 0 Å². The van der Waals surface area contributed by atoms with Crippen molar-refractivity contribution in [3.63, 3.8) is 0 Å². The summed E-state index contributed by atoms with van der Waals surface area (Å²) < 4.78 is 24.7. The summed E-state index contributed by atoms with van der Waals surface area (Å²) >= 11 is 0. The monoisotopic (exact) mass is 247 g/mol. The van der Waals surface area contributed by atoms with Crippen molar-refractivity contribution in [2.45, 2.75) is 23.3 Å². The second kappa shape index (κ2) is 4.67. The van der Waals surface area contributed by atoms with E-state index in [-0.39, 0.29) is 9.92 Å². The smallest absolute Gasteiger partial charge is 0.224 e. The number of rotatable bonds is 3. The van der Waals surface area contributed by atoms with E-state index in [9.17, 15) is 8.42 Å². The van der Waals surface area contributed by atoms with Gasteiger partial charge in [-0.2, -0.15) is 0 Å². The molecule has 17 heavy (non-hydrogen) atoms. The fourth-order valence-electron chi connectivity index (χ4n) is 1.65. The molecule has 0 saturated heterocycles. The first-order valence-electron chi connectivity index (χ1n) is 5.40. The van der Waals surface area contributed by atoms with E-state index in [0.29, 0.717) is 6.42 Å². The first-order chi connectivity index (χ1) is 8.16. The maximum absolute atomic E-state index is 12.4. The van der Waals surface area contributed by atoms with Crippen molar-refractivity contribution in [3.8, 4) is 0 Å². The van der Waals surface area contributed by atoms with Crippen LogP contribution in [-0.2, 0) is 16.3 Å². The molecule has 4 heteroatoms. The van der Waals surface area contributed by atoms with Crippen LogP contribution in [-0.4, -0.2) is 13.4 Å². The van der Waals surface area contributed by atoms with Crippen LogP contribution >= 0.6 is 0 Å². The zero-order valence-corrected chi connectivity index (χ0v) is 10.3. The van der Waals surface area contributed by atoms with Crippen molar-refractivity contribution >= 4 is 9.84 Å². The topological polar surface area (TPSA) is 47.0 Å². The molecule has 0 aliphatic heterocycles. The molecule has 0 aliphatic rings. The quantitative estimate of drug-likeness (QED) is 0.837. The zero-order valence-electron chi connectivity index (χ0n) is 9.50. The van der Waals surface area contributed by atoms with Gasteiger partial charge in [0.15, 0.2) is 5.03 Å². The minimum Gasteiger partial charge on any atom is -0.244 e. The van der Waals surface area contributed by atoms with E-state index in [1.807, 2.05) is 6.92 Å². The molecule has 1 heterocycles. The summed E-state index contributed by atoms with van der Waals surface area (Å²) in [7, 11) is -3.49. The largest absolute Gasteiger partial charge is 0.244 e. The highest BCUT2D eigenvalue weighted by Gasteiger charge is 2.21. The average Bonchev–Trinajstić information content (AvgIpc) is 2.39. The van der Waals surface area contributed by atoms with Gasteiger partial charge in [-0.1, -0.05) is 31.2 Å². The van der Waals surface area contributed by atoms with Gasteiger partial charge >= 0.3 is 0 Å². The Labute approximate surface area is 101 Å². The third-order valence-electron chi connectivity index (χ3n) is 2.54. The van der Waals surface area contributed by atoms with Crippen LogP contribution in [0.1, 0.15) is 12.5 Å². The predicted molar refractivity (Wildman–Crippen MR) is 65.5 cm³/mol. The Morgan fingerprint density at radius 1 is 1.06 bits per heavy atom. The molecule has 0 fully saturated rings. The first-order valence-corrected chi connectivity index (χ1v) is 6.88. The van der Waals surface area contributed by atoms with Crippen molar-refractivity contribution < 1.29 is 8.42 Å². The van der Waals surface area contributed by atoms with Gasteiger partial charge in [-0.3, -0.25) is 0 Å². The normalized spacial score (nSPS) is 11.4. The number of pyridine rings is 1. The van der Waals surface area contributed by atoms with Gasteiger partial charge in [0.2, 0.25) is 9.84 Å². The Kier molecular flexibility index (Phi) is 3.24. The van der Waals surface area contributed by atoms with Gasteiger partial charge in [0.25, 0.3) is 0 Å². The summed E-state index contributed by atoms with van der Waals surface area (Å²) in [6.45, 7) is 1.92. The second-order valence-corrected chi connectivity index (χ2v) is 5.50. The Morgan fingerprint density at radius 3 is 2.41 bits per heavy atom. The summed E-state index contributed by atoms with van der Waals surface area (Å²) in [4.78, 5) is 4.30. The van der Waals surface area contributed by atoms with E-state index >= 15 is 0 Å². The number of hydrogen-bond donors (Lipinski definition) is 0. The second-order valence-electron chi connectivity index (χ2n) is 3.64. The molecule has 2 rings (SSSR count). The van der Waals surface area contributed by atoms with E-state index in [2.05, 4.69) is 4.98 Å². The van der Waals surface area contributed by atoms with Crippen LogP contribution in [0.3, 0.4) is 0 Å². The SMILES string of the molecule is CCc1cccnc1S(=O)(=O)c1ccccc1. The van der Waals surface area contributed by atoms with Gasteiger partial charge in [-0.25, -0.2) is 13.4 Å². The molecule has 1 aromatic heterocycles. The Balaban J connectivity index is 2.61. The zero-order chi connectivity index (χ0) is 12.3. The number of aryl methyl sites for hydroxylation is 1. The molecule has 0 aliphatic carbocycles. The lowest BCUT2D eigenvalue weighted by atomic mass is 10.2. The molecule has 0 unspecified atom stereocenters. The molecule has 0 spiro atoms. The summed E-state index contributed by atoms with van der Waals surface area (Å²) in [5.74, 6) is 0. The minimum atomic E-state index is -3.49. The third kappa shape index (κ3) is 2.22. The Morgan fingerprint density at radius 2 is 1.76 bits per heavy atom. The lowest BCUT2D eigenvalue weighted by Gasteiger charge is -2.07. The number of aromatic nitrogens is 1. The standard InChI is InChI=1S/C13H13NO2S/c1-2-11-7-6-10-14-13(11)17(15,16)12-8-4-3-5-9-12/h3-10H,2H2,1H3. The van der Waals surface area contributed by atoms with Crippen LogP contribution in [0.5, 0.6) is 0 Å². The molecule has 0 amide bonds. The summed E-state index contributed by atoms with van der Waals surface area (Å²) in [6, 6.07) is 11.9. The molecule has 0 N–H and O–H groups in total. The van der Waals surface area contributed by atoms with Crippen LogP contribution in [0.2, 0.25) is 0 Å². The van der Waals surface area contributed by atoms with E-state index in [1.165, 1.54) is 6.20 Å². The van der Waals surface area contributed by atoms with Gasteiger partial charge in [-0.15, -0.1) is 0 Å². The molecule has 3 nitrogen and oxygen atoms in total. The highest BCUT2D eigenvalue weighted by Crippen LogP contribution is 2.21. The van der Waals surface area contributed by atoms with Gasteiger partial charge in [0, 0.05) is 6.20 Å². The molecule has 0 saturated carbocycles.